The standard InChI is InChI=1S/2C27H30F3N3O3.C25H26F3N3O3.C16H23NO3.C11H8BrF3N2.B2.Na.H2O.2H2/c2*1-4-35-25(34)26(2,3)36-24-10-5-20-11-13-32(14-12-21(20)15-24)17-19-16-31-33(18-19)23-8-6-22(7-9-23)27(28,29)30;1-24(2,23(32)33)34-22-8-3-18-9-11-30(12-10-19(18)13-22)15-17-14-29-31(16-17)21-6-4-20(5-7-21)25(26,27)28;1-4-19-15(18)16(2,3)20-14-6-5-12-7-9-17-10-8-13(12)11-14;12-5-8-6-16-17(7-8)10-3-1-9(2-4-10)11(13,14)15;1-2;;;;/h2*5-10,15-16,18H,4,11-14,17H2,1-3H3;3-8,13-14,16H,9-12,15H2,1-2H3,(H,32,33);5-6,11,17H,4,7-10H2,1-3H3;1-4,6-7H,5H2;;;1H2;2*1H/q;;;;;;+1;;;/p-1/i;;;;;;;;2*1+2T. The van der Waals surface area contributed by atoms with Gasteiger partial charge in [0.1, 0.15) is 23.0 Å². The molecule has 0 fully saturated rings. The second-order valence-electron chi connectivity index (χ2n) is 36.7. The van der Waals surface area contributed by atoms with E-state index in [4.69, 9.17) is 39.1 Å². The molecule has 4 aliphatic heterocycles. The van der Waals surface area contributed by atoms with E-state index in [1.54, 1.807) is 107 Å². The number of rotatable bonds is 26. The van der Waals surface area contributed by atoms with Crippen LogP contribution < -0.4 is 53.8 Å². The fourth-order valence-corrected chi connectivity index (χ4v) is 16.5. The average Bonchev–Trinajstić information content (AvgIpc) is 1.72. The second kappa shape index (κ2) is 52.9. The van der Waals surface area contributed by atoms with Gasteiger partial charge in [0.25, 0.3) is 0 Å². The molecule has 782 valence electrons. The third-order valence-electron chi connectivity index (χ3n) is 24.1. The summed E-state index contributed by atoms with van der Waals surface area (Å²) in [7, 11) is 8.00. The number of alkyl halides is 13. The van der Waals surface area contributed by atoms with Crippen LogP contribution in [0.5, 0.6) is 23.0 Å². The molecule has 16 rings (SSSR count). The van der Waals surface area contributed by atoms with Crippen molar-refractivity contribution in [2.75, 3.05) is 72.2 Å². The van der Waals surface area contributed by atoms with Crippen molar-refractivity contribution in [2.45, 2.75) is 200 Å². The number of ether oxygens (including phenoxy) is 7. The summed E-state index contributed by atoms with van der Waals surface area (Å²) in [5, 5.41) is 30.4. The number of nitrogens with zero attached hydrogens (tertiary/aromatic N) is 11. The first-order valence-corrected chi connectivity index (χ1v) is 48.4. The maximum Gasteiger partial charge on any atom is 1.00 e. The molecular weight excluding hydrogens is 2000 g/mol. The van der Waals surface area contributed by atoms with Crippen molar-refractivity contribution in [1.29, 1.82) is 0 Å². The van der Waals surface area contributed by atoms with Crippen LogP contribution in [0.15, 0.2) is 219 Å². The molecule has 3 N–H and O–H groups in total. The smallest absolute Gasteiger partial charge is 0.870 e. The molecule has 8 aromatic carbocycles. The summed E-state index contributed by atoms with van der Waals surface area (Å²) in [4.78, 5) is 54.5. The Morgan fingerprint density at radius 3 is 0.803 bits per heavy atom. The normalized spacial score (nSPS) is 14.2. The Labute approximate surface area is 886 Å². The van der Waals surface area contributed by atoms with Crippen LogP contribution in [0.2, 0.25) is 0 Å². The van der Waals surface area contributed by atoms with Gasteiger partial charge in [0.15, 0.2) is 22.4 Å². The van der Waals surface area contributed by atoms with Gasteiger partial charge in [-0.05, 0) is 331 Å². The van der Waals surface area contributed by atoms with Crippen molar-refractivity contribution in [1.82, 2.24) is 59.1 Å². The minimum atomic E-state index is -4.36. The molecule has 0 saturated carbocycles. The molecule has 0 unspecified atom stereocenters. The van der Waals surface area contributed by atoms with Crippen LogP contribution in [0.4, 0.5) is 52.7 Å². The van der Waals surface area contributed by atoms with Crippen molar-refractivity contribution < 1.29 is 151 Å². The number of benzene rings is 8. The van der Waals surface area contributed by atoms with E-state index in [0.29, 0.717) is 84.8 Å². The summed E-state index contributed by atoms with van der Waals surface area (Å²) < 4.78 is 217. The summed E-state index contributed by atoms with van der Waals surface area (Å²) in [5.74, 6) is 0.380. The van der Waals surface area contributed by atoms with Gasteiger partial charge in [-0.15, -0.1) is 0 Å². The molecule has 41 heteroatoms. The minimum Gasteiger partial charge on any atom is -0.870 e. The fraction of sp³-hybridized carbons (Fsp3) is 0.396. The number of carboxylic acids is 1. The van der Waals surface area contributed by atoms with Crippen LogP contribution in [0.1, 0.15) is 171 Å². The number of carboxylic acid groups (broad SMARTS) is 1. The topological polar surface area (TPSA) is 276 Å². The Morgan fingerprint density at radius 2 is 0.571 bits per heavy atom. The van der Waals surface area contributed by atoms with Gasteiger partial charge in [-0.1, -0.05) is 40.2 Å². The van der Waals surface area contributed by atoms with E-state index in [0.717, 1.165) is 186 Å². The summed E-state index contributed by atoms with van der Waals surface area (Å²) in [5.41, 5.74) is 9.00. The van der Waals surface area contributed by atoms with Gasteiger partial charge in [0, 0.05) is 133 Å². The van der Waals surface area contributed by atoms with Crippen molar-refractivity contribution in [3.05, 3.63) is 308 Å². The van der Waals surface area contributed by atoms with Crippen molar-refractivity contribution in [2.24, 2.45) is 0 Å². The quantitative estimate of drug-likeness (QED) is 0.0167. The Bertz CT molecular complexity index is 6120. The second-order valence-corrected chi connectivity index (χ2v) is 37.3. The van der Waals surface area contributed by atoms with Gasteiger partial charge in [0.05, 0.1) is 89.6 Å². The number of halogens is 13. The first-order valence-electron chi connectivity index (χ1n) is 49.2. The first kappa shape index (κ1) is 116. The van der Waals surface area contributed by atoms with Crippen LogP contribution in [0.25, 0.3) is 22.7 Å². The van der Waals surface area contributed by atoms with Crippen LogP contribution in [0, 0.1) is 0 Å². The van der Waals surface area contributed by atoms with Gasteiger partial charge in [-0.2, -0.15) is 73.1 Å². The third kappa shape index (κ3) is 34.4. The number of aromatic nitrogens is 8. The maximum atomic E-state index is 12.8. The molecule has 0 saturated heterocycles. The number of fused-ring (bicyclic) bond motifs is 4. The first-order chi connectivity index (χ1) is 70.6. The Morgan fingerprint density at radius 1 is 0.354 bits per heavy atom. The van der Waals surface area contributed by atoms with E-state index in [2.05, 4.69) is 90.0 Å². The molecular formula is C106H122B2BrF12N12NaO13. The fourth-order valence-electron chi connectivity index (χ4n) is 16.2. The molecule has 4 radical (unpaired) electrons. The summed E-state index contributed by atoms with van der Waals surface area (Å²) in [6.45, 7) is 28.7. The van der Waals surface area contributed by atoms with Gasteiger partial charge < -0.3 is 49.1 Å². The average molecular weight is 2130 g/mol. The summed E-state index contributed by atoms with van der Waals surface area (Å²) >= 11 is 3.28. The van der Waals surface area contributed by atoms with E-state index in [1.807, 2.05) is 73.2 Å². The van der Waals surface area contributed by atoms with Crippen LogP contribution in [-0.4, -0.2) is 198 Å². The third-order valence-corrected chi connectivity index (χ3v) is 24.7. The van der Waals surface area contributed by atoms with Gasteiger partial charge in [-0.25, -0.2) is 37.9 Å². The van der Waals surface area contributed by atoms with Crippen molar-refractivity contribution >= 4 is 55.3 Å². The predicted molar refractivity (Wildman–Crippen MR) is 535 cm³/mol. The number of hydrogen-bond donors (Lipinski definition) is 2. The zero-order valence-electron chi connectivity index (χ0n) is 87.9. The molecule has 0 bridgehead atoms. The van der Waals surface area contributed by atoms with Crippen LogP contribution in [0.3, 0.4) is 0 Å². The number of hydrogen-bond acceptors (Lipinski definition) is 20. The van der Waals surface area contributed by atoms with Gasteiger partial charge >= 0.3 is 78.1 Å². The number of aliphatic carboxylic acids is 1. The SMILES string of the molecule is CC(C)(Oc1ccc2c(c1)CCN(Cc1cnn(-c3ccc(C(F)(F)F)cc3)c1)CC2)C(=O)O.CCOC(=O)C(C)(C)Oc1ccc2c(c1)CCN(Cc1cnn(-c3ccc(C(F)(F)F)cc3)c1)CC2.CCOC(=O)C(C)(C)Oc1ccc2c(c1)CCN(Cc1cnn(-c3ccc(C(F)(F)F)cc3)c1)CC2.CCOC(=O)C(C)(C)Oc1ccc2c(c1)CCNCC2.FC(F)(F)c1ccc(-n2cc(CBr)cn2)cc1.[3H][3H].[3H][3H].[B][B].[Na+].[OH-]. The Balaban J connectivity index is 0.000000257. The number of carbonyl (C=O) groups excluding carboxylic acids is 3. The number of nitrogens with one attached hydrogen (secondary N) is 1. The van der Waals surface area contributed by atoms with E-state index in [1.165, 1.54) is 106 Å². The Kier molecular flexibility index (Phi) is 41.6. The molecule has 12 aromatic rings. The zero-order valence-corrected chi connectivity index (χ0v) is 87.5. The molecule has 0 aliphatic carbocycles. The molecule has 8 heterocycles. The molecule has 4 aliphatic rings. The molecule has 4 aromatic heterocycles. The van der Waals surface area contributed by atoms with Crippen molar-refractivity contribution in [3.63, 3.8) is 0 Å². The number of esters is 3. The maximum absolute atomic E-state index is 12.8. The number of carbonyl (C=O) groups is 4. The van der Waals surface area contributed by atoms with Crippen LogP contribution >= 0.6 is 15.9 Å². The van der Waals surface area contributed by atoms with Crippen LogP contribution in [-0.2, 0) is 134 Å². The van der Waals surface area contributed by atoms with E-state index in [-0.39, 0.29) is 41.0 Å². The zero-order chi connectivity index (χ0) is 109. The molecule has 0 amide bonds. The van der Waals surface area contributed by atoms with Crippen molar-refractivity contribution in [3.8, 4) is 45.7 Å². The molecule has 147 heavy (non-hydrogen) atoms. The monoisotopic (exact) mass is 2130 g/mol. The predicted octanol–water partition coefficient (Wildman–Crippen LogP) is 17.6. The van der Waals surface area contributed by atoms with Gasteiger partial charge in [-0.3, -0.25) is 14.7 Å². The van der Waals surface area contributed by atoms with E-state index >= 15 is 0 Å². The minimum absolute atomic E-state index is 0. The largest absolute Gasteiger partial charge is 1.00 e. The molecule has 25 nitrogen and oxygen atoms in total. The van der Waals surface area contributed by atoms with E-state index in [9.17, 15) is 77.0 Å². The molecule has 0 atom stereocenters. The summed E-state index contributed by atoms with van der Waals surface area (Å²) in [6.07, 6.45) is 3.91. The van der Waals surface area contributed by atoms with Gasteiger partial charge in [0.2, 0.25) is 0 Å². The Hall–Kier alpha value is -11.8. The van der Waals surface area contributed by atoms with E-state index < -0.39 is 87.3 Å². The molecule has 0 spiro atoms. The summed E-state index contributed by atoms with van der Waals surface area (Å²) in [6, 6.07) is 43.5.